The second-order valence-corrected chi connectivity index (χ2v) is 2.69. The molecule has 0 aromatic rings. The number of ether oxygens (including phenoxy) is 1. The lowest BCUT2D eigenvalue weighted by atomic mass is 10.2. The highest BCUT2D eigenvalue weighted by Gasteiger charge is 1.95. The van der Waals surface area contributed by atoms with E-state index in [1.165, 1.54) is 5.57 Å². The van der Waals surface area contributed by atoms with Crippen molar-refractivity contribution in [3.63, 3.8) is 0 Å². The maximum atomic E-state index is 5.37. The topological polar surface area (TPSA) is 9.23 Å². The Hall–Kier alpha value is -0.720. The molecular weight excluding hydrogens is 124 g/mol. The molecule has 0 fully saturated rings. The highest BCUT2D eigenvalue weighted by molar-refractivity contribution is 5.18. The average Bonchev–Trinajstić information content (AvgIpc) is 1.83. The van der Waals surface area contributed by atoms with Crippen LogP contribution < -0.4 is 0 Å². The molecule has 0 atom stereocenters. The molecule has 56 valence electrons. The first kappa shape index (κ1) is 7.39. The fraction of sp³-hybridized carbons (Fsp3) is 0.556. The van der Waals surface area contributed by atoms with E-state index in [2.05, 4.69) is 19.1 Å². The van der Waals surface area contributed by atoms with Gasteiger partial charge in [-0.25, -0.2) is 0 Å². The van der Waals surface area contributed by atoms with Crippen LogP contribution in [0.1, 0.15) is 26.7 Å². The van der Waals surface area contributed by atoms with Crippen molar-refractivity contribution in [3.8, 4) is 0 Å². The third-order valence-electron chi connectivity index (χ3n) is 1.58. The summed E-state index contributed by atoms with van der Waals surface area (Å²) in [5.41, 5.74) is 1.32. The van der Waals surface area contributed by atoms with Crippen molar-refractivity contribution in [2.45, 2.75) is 26.7 Å². The Morgan fingerprint density at radius 2 is 2.20 bits per heavy atom. The lowest BCUT2D eigenvalue weighted by Gasteiger charge is -2.08. The van der Waals surface area contributed by atoms with Crippen LogP contribution in [0.3, 0.4) is 0 Å². The van der Waals surface area contributed by atoms with Crippen LogP contribution in [0, 0.1) is 0 Å². The van der Waals surface area contributed by atoms with Crippen molar-refractivity contribution >= 4 is 0 Å². The molecule has 1 heteroatoms. The summed E-state index contributed by atoms with van der Waals surface area (Å²) in [6, 6.07) is 0. The molecule has 0 aliphatic carbocycles. The molecule has 0 amide bonds. The summed E-state index contributed by atoms with van der Waals surface area (Å²) in [6.45, 7) is 4.98. The summed E-state index contributed by atoms with van der Waals surface area (Å²) in [4.78, 5) is 0. The summed E-state index contributed by atoms with van der Waals surface area (Å²) in [6.07, 6.45) is 6.63. The summed E-state index contributed by atoms with van der Waals surface area (Å²) < 4.78 is 5.37. The zero-order chi connectivity index (χ0) is 7.40. The molecule has 10 heavy (non-hydrogen) atoms. The fourth-order valence-corrected chi connectivity index (χ4v) is 1.07. The standard InChI is InChI=1S/C9H14O/c1-8-5-3-4-6-10-9(2)7-8/h5,7H,3-4,6H2,1-2H3. The monoisotopic (exact) mass is 138 g/mol. The van der Waals surface area contributed by atoms with E-state index in [1.807, 2.05) is 6.92 Å². The summed E-state index contributed by atoms with van der Waals surface area (Å²) in [5, 5.41) is 0. The predicted molar refractivity (Wildman–Crippen MR) is 42.7 cm³/mol. The van der Waals surface area contributed by atoms with Crippen LogP contribution in [0.4, 0.5) is 0 Å². The largest absolute Gasteiger partial charge is 0.498 e. The Balaban J connectivity index is 2.63. The lowest BCUT2D eigenvalue weighted by molar-refractivity contribution is 0.209. The maximum Gasteiger partial charge on any atom is 0.0931 e. The second kappa shape index (κ2) is 3.45. The smallest absolute Gasteiger partial charge is 0.0931 e. The van der Waals surface area contributed by atoms with E-state index in [1.54, 1.807) is 0 Å². The van der Waals surface area contributed by atoms with Crippen LogP contribution in [0.15, 0.2) is 23.5 Å². The zero-order valence-corrected chi connectivity index (χ0v) is 6.68. The summed E-state index contributed by atoms with van der Waals surface area (Å²) in [5.74, 6) is 1.04. The molecule has 0 N–H and O–H groups in total. The lowest BCUT2D eigenvalue weighted by Crippen LogP contribution is -1.94. The minimum absolute atomic E-state index is 0.867. The van der Waals surface area contributed by atoms with Crippen molar-refractivity contribution in [3.05, 3.63) is 23.5 Å². The molecule has 1 nitrogen and oxygen atoms in total. The van der Waals surface area contributed by atoms with Crippen molar-refractivity contribution in [2.75, 3.05) is 6.61 Å². The van der Waals surface area contributed by atoms with E-state index in [0.717, 1.165) is 25.2 Å². The molecule has 0 saturated carbocycles. The van der Waals surface area contributed by atoms with E-state index >= 15 is 0 Å². The van der Waals surface area contributed by atoms with Crippen molar-refractivity contribution in [2.24, 2.45) is 0 Å². The first-order valence-corrected chi connectivity index (χ1v) is 3.77. The van der Waals surface area contributed by atoms with Crippen LogP contribution in [0.25, 0.3) is 0 Å². The Kier molecular flexibility index (Phi) is 2.55. The van der Waals surface area contributed by atoms with Gasteiger partial charge in [-0.2, -0.15) is 0 Å². The van der Waals surface area contributed by atoms with Gasteiger partial charge in [0.25, 0.3) is 0 Å². The van der Waals surface area contributed by atoms with Crippen LogP contribution in [-0.2, 0) is 4.74 Å². The average molecular weight is 138 g/mol. The van der Waals surface area contributed by atoms with Gasteiger partial charge in [-0.3, -0.25) is 0 Å². The predicted octanol–water partition coefficient (Wildman–Crippen LogP) is 2.65. The van der Waals surface area contributed by atoms with Crippen LogP contribution in [-0.4, -0.2) is 6.61 Å². The third kappa shape index (κ3) is 2.26. The first-order chi connectivity index (χ1) is 4.79. The number of hydrogen-bond acceptors (Lipinski definition) is 1. The molecule has 0 bridgehead atoms. The highest BCUT2D eigenvalue weighted by Crippen LogP contribution is 2.09. The molecule has 1 rings (SSSR count). The van der Waals surface area contributed by atoms with E-state index in [9.17, 15) is 0 Å². The molecule has 0 unspecified atom stereocenters. The molecule has 0 aromatic heterocycles. The molecular formula is C9H14O. The van der Waals surface area contributed by atoms with Crippen LogP contribution in [0.5, 0.6) is 0 Å². The van der Waals surface area contributed by atoms with Gasteiger partial charge in [-0.15, -0.1) is 0 Å². The minimum Gasteiger partial charge on any atom is -0.498 e. The molecule has 1 aliphatic heterocycles. The third-order valence-corrected chi connectivity index (χ3v) is 1.58. The van der Waals surface area contributed by atoms with Gasteiger partial charge in [-0.1, -0.05) is 11.6 Å². The fourth-order valence-electron chi connectivity index (χ4n) is 1.07. The van der Waals surface area contributed by atoms with Gasteiger partial charge in [0.1, 0.15) is 0 Å². The summed E-state index contributed by atoms with van der Waals surface area (Å²) in [7, 11) is 0. The molecule has 0 saturated heterocycles. The van der Waals surface area contributed by atoms with Gasteiger partial charge >= 0.3 is 0 Å². The minimum atomic E-state index is 0.867. The SMILES string of the molecule is CC1=CCCCOC(C)=C1. The zero-order valence-electron chi connectivity index (χ0n) is 6.68. The Morgan fingerprint density at radius 1 is 1.40 bits per heavy atom. The number of hydrogen-bond donors (Lipinski definition) is 0. The van der Waals surface area contributed by atoms with Crippen molar-refractivity contribution in [1.29, 1.82) is 0 Å². The Labute approximate surface area is 62.4 Å². The van der Waals surface area contributed by atoms with Gasteiger partial charge in [0.15, 0.2) is 0 Å². The quantitative estimate of drug-likeness (QED) is 0.500. The first-order valence-electron chi connectivity index (χ1n) is 3.77. The van der Waals surface area contributed by atoms with Crippen molar-refractivity contribution in [1.82, 2.24) is 0 Å². The molecule has 0 aromatic carbocycles. The second-order valence-electron chi connectivity index (χ2n) is 2.69. The Bertz CT molecular complexity index is 166. The maximum absolute atomic E-state index is 5.37. The number of allylic oxidation sites excluding steroid dienone is 4. The molecule has 0 radical (unpaired) electrons. The van der Waals surface area contributed by atoms with Crippen LogP contribution in [0.2, 0.25) is 0 Å². The molecule has 1 heterocycles. The van der Waals surface area contributed by atoms with Crippen LogP contribution >= 0.6 is 0 Å². The Morgan fingerprint density at radius 3 is 3.00 bits per heavy atom. The van der Waals surface area contributed by atoms with E-state index in [0.29, 0.717) is 0 Å². The number of rotatable bonds is 0. The van der Waals surface area contributed by atoms with Gasteiger partial charge in [0.2, 0.25) is 0 Å². The normalized spacial score (nSPS) is 19.8. The molecule has 1 aliphatic rings. The van der Waals surface area contributed by atoms with Gasteiger partial charge in [0.05, 0.1) is 12.4 Å². The van der Waals surface area contributed by atoms with E-state index in [-0.39, 0.29) is 0 Å². The van der Waals surface area contributed by atoms with E-state index in [4.69, 9.17) is 4.74 Å². The van der Waals surface area contributed by atoms with E-state index < -0.39 is 0 Å². The van der Waals surface area contributed by atoms with Crippen molar-refractivity contribution < 1.29 is 4.74 Å². The molecule has 0 spiro atoms. The van der Waals surface area contributed by atoms with Gasteiger partial charge < -0.3 is 4.74 Å². The highest BCUT2D eigenvalue weighted by atomic mass is 16.5. The summed E-state index contributed by atoms with van der Waals surface area (Å²) >= 11 is 0. The van der Waals surface area contributed by atoms with Gasteiger partial charge in [0, 0.05) is 0 Å². The van der Waals surface area contributed by atoms with Gasteiger partial charge in [-0.05, 0) is 32.8 Å².